The van der Waals surface area contributed by atoms with Gasteiger partial charge in [0.15, 0.2) is 0 Å². The fourth-order valence-electron chi connectivity index (χ4n) is 3.90. The predicted molar refractivity (Wildman–Crippen MR) is 65.4 cm³/mol. The van der Waals surface area contributed by atoms with E-state index in [9.17, 15) is 4.79 Å². The summed E-state index contributed by atoms with van der Waals surface area (Å²) >= 11 is 0. The van der Waals surface area contributed by atoms with Gasteiger partial charge in [-0.3, -0.25) is 4.79 Å². The predicted octanol–water partition coefficient (Wildman–Crippen LogP) is 1.80. The molecular formula is C14H23NO2. The van der Waals surface area contributed by atoms with Crippen LogP contribution in [0.5, 0.6) is 0 Å². The van der Waals surface area contributed by atoms with E-state index in [1.807, 2.05) is 0 Å². The van der Waals surface area contributed by atoms with Crippen molar-refractivity contribution >= 4 is 5.91 Å². The summed E-state index contributed by atoms with van der Waals surface area (Å²) in [5, 5.41) is 8.90. The smallest absolute Gasteiger partial charge is 0.225 e. The highest BCUT2D eigenvalue weighted by molar-refractivity contribution is 5.80. The molecule has 3 heteroatoms. The highest BCUT2D eigenvalue weighted by Crippen LogP contribution is 2.54. The van der Waals surface area contributed by atoms with Crippen molar-refractivity contribution in [2.75, 3.05) is 13.2 Å². The maximum atomic E-state index is 12.5. The first-order valence-corrected chi connectivity index (χ1v) is 7.21. The standard InChI is InChI=1S/C14H23NO2/c16-6-2-4-13-3-1-5-15(13)14(17)12-8-10-7-11(10)9-12/h10-13,16H,1-9H2. The van der Waals surface area contributed by atoms with Crippen LogP contribution in [0.2, 0.25) is 0 Å². The van der Waals surface area contributed by atoms with Crippen LogP contribution in [0.15, 0.2) is 0 Å². The molecule has 1 N–H and O–H groups in total. The zero-order chi connectivity index (χ0) is 11.8. The Balaban J connectivity index is 1.56. The summed E-state index contributed by atoms with van der Waals surface area (Å²) in [6.45, 7) is 1.22. The van der Waals surface area contributed by atoms with Gasteiger partial charge in [0.05, 0.1) is 0 Å². The second-order valence-electron chi connectivity index (χ2n) is 6.12. The summed E-state index contributed by atoms with van der Waals surface area (Å²) in [7, 11) is 0. The minimum atomic E-state index is 0.256. The fourth-order valence-corrected chi connectivity index (χ4v) is 3.90. The first-order chi connectivity index (χ1) is 8.29. The number of aliphatic hydroxyl groups excluding tert-OH is 1. The van der Waals surface area contributed by atoms with Gasteiger partial charge in [-0.05, 0) is 56.8 Å². The Hall–Kier alpha value is -0.570. The quantitative estimate of drug-likeness (QED) is 0.810. The maximum absolute atomic E-state index is 12.5. The van der Waals surface area contributed by atoms with Gasteiger partial charge in [0, 0.05) is 25.1 Å². The van der Waals surface area contributed by atoms with Gasteiger partial charge < -0.3 is 10.0 Å². The second kappa shape index (κ2) is 4.60. The van der Waals surface area contributed by atoms with Gasteiger partial charge >= 0.3 is 0 Å². The second-order valence-corrected chi connectivity index (χ2v) is 6.12. The van der Waals surface area contributed by atoms with E-state index < -0.39 is 0 Å². The molecule has 1 aliphatic heterocycles. The average molecular weight is 237 g/mol. The van der Waals surface area contributed by atoms with Crippen LogP contribution in [0.25, 0.3) is 0 Å². The molecule has 1 heterocycles. The summed E-state index contributed by atoms with van der Waals surface area (Å²) in [4.78, 5) is 14.6. The largest absolute Gasteiger partial charge is 0.396 e. The third-order valence-corrected chi connectivity index (χ3v) is 4.95. The van der Waals surface area contributed by atoms with E-state index >= 15 is 0 Å². The third kappa shape index (κ3) is 2.22. The van der Waals surface area contributed by atoms with Gasteiger partial charge in [0.1, 0.15) is 0 Å². The zero-order valence-corrected chi connectivity index (χ0v) is 10.5. The Morgan fingerprint density at radius 2 is 2.00 bits per heavy atom. The van der Waals surface area contributed by atoms with Gasteiger partial charge in [-0.25, -0.2) is 0 Å². The molecule has 3 rings (SSSR count). The van der Waals surface area contributed by atoms with Crippen molar-refractivity contribution in [3.63, 3.8) is 0 Å². The van der Waals surface area contributed by atoms with Crippen molar-refractivity contribution in [2.24, 2.45) is 17.8 Å². The number of nitrogens with zero attached hydrogens (tertiary/aromatic N) is 1. The third-order valence-electron chi connectivity index (χ3n) is 4.95. The number of hydrogen-bond donors (Lipinski definition) is 1. The molecule has 0 aromatic carbocycles. The first kappa shape index (κ1) is 11.5. The van der Waals surface area contributed by atoms with Crippen molar-refractivity contribution in [2.45, 2.75) is 51.0 Å². The van der Waals surface area contributed by atoms with Gasteiger partial charge in [0.25, 0.3) is 0 Å². The summed E-state index contributed by atoms with van der Waals surface area (Å²) in [5.41, 5.74) is 0. The number of rotatable bonds is 4. The van der Waals surface area contributed by atoms with Crippen LogP contribution in [0.4, 0.5) is 0 Å². The number of aliphatic hydroxyl groups is 1. The minimum Gasteiger partial charge on any atom is -0.396 e. The molecule has 0 radical (unpaired) electrons. The van der Waals surface area contributed by atoms with E-state index in [1.165, 1.54) is 6.42 Å². The Kier molecular flexibility index (Phi) is 3.12. The van der Waals surface area contributed by atoms with Crippen molar-refractivity contribution in [3.8, 4) is 0 Å². The molecule has 2 aliphatic carbocycles. The van der Waals surface area contributed by atoms with E-state index in [-0.39, 0.29) is 6.61 Å². The lowest BCUT2D eigenvalue weighted by Gasteiger charge is -2.28. The van der Waals surface area contributed by atoms with Crippen LogP contribution >= 0.6 is 0 Å². The SMILES string of the molecule is O=C(C1CC2CC2C1)N1CCCC1CCCO. The van der Waals surface area contributed by atoms with Gasteiger partial charge in [-0.1, -0.05) is 0 Å². The van der Waals surface area contributed by atoms with Crippen LogP contribution in [0.1, 0.15) is 44.9 Å². The lowest BCUT2D eigenvalue weighted by molar-refractivity contribution is -0.136. The van der Waals surface area contributed by atoms with Crippen molar-refractivity contribution in [3.05, 3.63) is 0 Å². The van der Waals surface area contributed by atoms with E-state index in [0.717, 1.165) is 56.9 Å². The maximum Gasteiger partial charge on any atom is 0.225 e. The number of likely N-dealkylation sites (tertiary alicyclic amines) is 1. The van der Waals surface area contributed by atoms with Gasteiger partial charge in [-0.15, -0.1) is 0 Å². The highest BCUT2D eigenvalue weighted by atomic mass is 16.3. The monoisotopic (exact) mass is 237 g/mol. The molecule has 1 saturated heterocycles. The first-order valence-electron chi connectivity index (χ1n) is 7.21. The number of amides is 1. The normalized spacial score (nSPS) is 39.5. The van der Waals surface area contributed by atoms with E-state index in [2.05, 4.69) is 4.90 Å². The number of carbonyl (C=O) groups is 1. The number of hydrogen-bond acceptors (Lipinski definition) is 2. The molecule has 0 aromatic rings. The highest BCUT2D eigenvalue weighted by Gasteiger charge is 2.49. The van der Waals surface area contributed by atoms with Crippen molar-refractivity contribution in [1.82, 2.24) is 4.90 Å². The van der Waals surface area contributed by atoms with Crippen LogP contribution in [0, 0.1) is 17.8 Å². The Morgan fingerprint density at radius 1 is 1.24 bits per heavy atom. The van der Waals surface area contributed by atoms with Crippen LogP contribution < -0.4 is 0 Å². The van der Waals surface area contributed by atoms with Gasteiger partial charge in [-0.2, -0.15) is 0 Å². The Bertz CT molecular complexity index is 295. The topological polar surface area (TPSA) is 40.5 Å². The lowest BCUT2D eigenvalue weighted by Crippen LogP contribution is -2.39. The molecular weight excluding hydrogens is 214 g/mol. The Morgan fingerprint density at radius 3 is 2.71 bits per heavy atom. The summed E-state index contributed by atoms with van der Waals surface area (Å²) in [6.07, 6.45) is 7.83. The van der Waals surface area contributed by atoms with E-state index in [0.29, 0.717) is 17.9 Å². The molecule has 1 amide bonds. The van der Waals surface area contributed by atoms with E-state index in [1.54, 1.807) is 0 Å². The molecule has 3 unspecified atom stereocenters. The molecule has 0 bridgehead atoms. The number of carbonyl (C=O) groups excluding carboxylic acids is 1. The minimum absolute atomic E-state index is 0.256. The van der Waals surface area contributed by atoms with Gasteiger partial charge in [0.2, 0.25) is 5.91 Å². The molecule has 0 spiro atoms. The lowest BCUT2D eigenvalue weighted by atomic mass is 10.0. The van der Waals surface area contributed by atoms with Crippen molar-refractivity contribution in [1.29, 1.82) is 0 Å². The van der Waals surface area contributed by atoms with Crippen LogP contribution in [0.3, 0.4) is 0 Å². The molecule has 3 atom stereocenters. The number of fused-ring (bicyclic) bond motifs is 1. The zero-order valence-electron chi connectivity index (χ0n) is 10.5. The summed E-state index contributed by atoms with van der Waals surface area (Å²) in [6, 6.07) is 0.423. The molecule has 96 valence electrons. The summed E-state index contributed by atoms with van der Waals surface area (Å²) in [5.74, 6) is 2.55. The average Bonchev–Trinajstić information content (AvgIpc) is 2.81. The Labute approximate surface area is 103 Å². The fraction of sp³-hybridized carbons (Fsp3) is 0.929. The molecule has 17 heavy (non-hydrogen) atoms. The molecule has 0 aromatic heterocycles. The summed E-state index contributed by atoms with van der Waals surface area (Å²) < 4.78 is 0. The van der Waals surface area contributed by atoms with E-state index in [4.69, 9.17) is 5.11 Å². The van der Waals surface area contributed by atoms with Crippen molar-refractivity contribution < 1.29 is 9.90 Å². The molecule has 3 fully saturated rings. The molecule has 2 saturated carbocycles. The van der Waals surface area contributed by atoms with Crippen LogP contribution in [-0.4, -0.2) is 35.1 Å². The molecule has 3 aliphatic rings. The molecule has 3 nitrogen and oxygen atoms in total. The van der Waals surface area contributed by atoms with Crippen LogP contribution in [-0.2, 0) is 4.79 Å².